The Kier molecular flexibility index (Phi) is 2.98. The zero-order valence-corrected chi connectivity index (χ0v) is 9.99. The van der Waals surface area contributed by atoms with Crippen LogP contribution in [0.2, 0.25) is 0 Å². The lowest BCUT2D eigenvalue weighted by Gasteiger charge is -2.16. The minimum absolute atomic E-state index is 0.00917. The molecule has 0 amide bonds. The molecule has 2 N–H and O–H groups in total. The van der Waals surface area contributed by atoms with Crippen LogP contribution in [0.3, 0.4) is 0 Å². The summed E-state index contributed by atoms with van der Waals surface area (Å²) in [6, 6.07) is 3.52. The van der Waals surface area contributed by atoms with Crippen LogP contribution in [0.5, 0.6) is 0 Å². The van der Waals surface area contributed by atoms with Crippen LogP contribution in [0.1, 0.15) is 13.8 Å². The SMILES string of the molecule is CC(C)[S+]([O-])c1c(N)ccc2nccnc12. The Labute approximate surface area is 97.1 Å². The Bertz CT molecular complexity index is 516. The molecule has 1 aromatic carbocycles. The highest BCUT2D eigenvalue weighted by atomic mass is 32.2. The summed E-state index contributed by atoms with van der Waals surface area (Å²) in [4.78, 5) is 8.98. The van der Waals surface area contributed by atoms with E-state index in [0.29, 0.717) is 16.1 Å². The molecular weight excluding hydrogens is 222 g/mol. The van der Waals surface area contributed by atoms with E-state index in [9.17, 15) is 4.55 Å². The Hall–Kier alpha value is -1.33. The second-order valence-electron chi connectivity index (χ2n) is 3.75. The van der Waals surface area contributed by atoms with Gasteiger partial charge in [-0.1, -0.05) is 0 Å². The first-order chi connectivity index (χ1) is 7.61. The first-order valence-corrected chi connectivity index (χ1v) is 6.22. The normalized spacial score (nSPS) is 13.2. The van der Waals surface area contributed by atoms with Crippen LogP contribution in [-0.2, 0) is 11.2 Å². The summed E-state index contributed by atoms with van der Waals surface area (Å²) in [5, 5.41) is 0.00917. The molecule has 2 aromatic rings. The minimum Gasteiger partial charge on any atom is -0.611 e. The lowest BCUT2D eigenvalue weighted by molar-refractivity contribution is 0.587. The third kappa shape index (κ3) is 1.83. The van der Waals surface area contributed by atoms with E-state index < -0.39 is 11.2 Å². The summed E-state index contributed by atoms with van der Waals surface area (Å²) < 4.78 is 12.1. The maximum atomic E-state index is 12.1. The van der Waals surface area contributed by atoms with E-state index in [4.69, 9.17) is 5.73 Å². The number of nitrogens with zero attached hydrogens (tertiary/aromatic N) is 2. The second-order valence-corrected chi connectivity index (χ2v) is 5.70. The number of hydrogen-bond acceptors (Lipinski definition) is 4. The molecule has 16 heavy (non-hydrogen) atoms. The molecule has 0 saturated heterocycles. The van der Waals surface area contributed by atoms with E-state index in [0.717, 1.165) is 5.52 Å². The zero-order valence-electron chi connectivity index (χ0n) is 9.18. The summed E-state index contributed by atoms with van der Waals surface area (Å²) in [7, 11) is 0. The molecule has 0 bridgehead atoms. The lowest BCUT2D eigenvalue weighted by atomic mass is 10.2. The molecule has 84 valence electrons. The molecule has 0 aliphatic rings. The van der Waals surface area contributed by atoms with Gasteiger partial charge < -0.3 is 10.3 Å². The number of aromatic nitrogens is 2. The van der Waals surface area contributed by atoms with Crippen LogP contribution in [0, 0.1) is 0 Å². The molecule has 0 spiro atoms. The predicted octanol–water partition coefficient (Wildman–Crippen LogP) is 1.73. The molecule has 1 atom stereocenters. The van der Waals surface area contributed by atoms with Crippen molar-refractivity contribution in [2.75, 3.05) is 5.73 Å². The van der Waals surface area contributed by atoms with Crippen molar-refractivity contribution < 1.29 is 4.55 Å². The summed E-state index contributed by atoms with van der Waals surface area (Å²) >= 11 is -1.15. The third-order valence-electron chi connectivity index (χ3n) is 2.25. The van der Waals surface area contributed by atoms with Crippen LogP contribution in [0.15, 0.2) is 29.4 Å². The lowest BCUT2D eigenvalue weighted by Crippen LogP contribution is -2.16. The standard InChI is InChI=1S/C11H13N3OS/c1-7(2)16(15)11-8(12)3-4-9-10(11)14-6-5-13-9/h3-7H,12H2,1-2H3. The Morgan fingerprint density at radius 2 is 1.94 bits per heavy atom. The van der Waals surface area contributed by atoms with Crippen LogP contribution in [0.25, 0.3) is 11.0 Å². The fraction of sp³-hybridized carbons (Fsp3) is 0.273. The summed E-state index contributed by atoms with van der Waals surface area (Å²) in [5.74, 6) is 0. The Morgan fingerprint density at radius 3 is 2.62 bits per heavy atom. The summed E-state index contributed by atoms with van der Waals surface area (Å²) in [6.07, 6.45) is 3.20. The first kappa shape index (κ1) is 11.2. The maximum Gasteiger partial charge on any atom is 0.203 e. The van der Waals surface area contributed by atoms with Gasteiger partial charge in [-0.3, -0.25) is 4.98 Å². The van der Waals surface area contributed by atoms with Crippen molar-refractivity contribution in [1.29, 1.82) is 0 Å². The van der Waals surface area contributed by atoms with Crippen LogP contribution in [0.4, 0.5) is 5.69 Å². The first-order valence-electron chi connectivity index (χ1n) is 5.01. The Morgan fingerprint density at radius 1 is 1.25 bits per heavy atom. The van der Waals surface area contributed by atoms with Gasteiger partial charge in [0.1, 0.15) is 10.8 Å². The van der Waals surface area contributed by atoms with Crippen molar-refractivity contribution in [3.8, 4) is 0 Å². The summed E-state index contributed by atoms with van der Waals surface area (Å²) in [6.45, 7) is 3.79. The van der Waals surface area contributed by atoms with Crippen molar-refractivity contribution in [2.45, 2.75) is 24.0 Å². The fourth-order valence-electron chi connectivity index (χ4n) is 1.47. The monoisotopic (exact) mass is 235 g/mol. The molecule has 1 unspecified atom stereocenters. The van der Waals surface area contributed by atoms with Gasteiger partial charge in [0.25, 0.3) is 0 Å². The zero-order chi connectivity index (χ0) is 11.7. The van der Waals surface area contributed by atoms with Gasteiger partial charge in [0.15, 0.2) is 0 Å². The van der Waals surface area contributed by atoms with E-state index in [1.807, 2.05) is 13.8 Å². The molecule has 4 nitrogen and oxygen atoms in total. The number of rotatable bonds is 2. The highest BCUT2D eigenvalue weighted by Crippen LogP contribution is 2.28. The van der Waals surface area contributed by atoms with Crippen molar-refractivity contribution in [3.05, 3.63) is 24.5 Å². The van der Waals surface area contributed by atoms with Gasteiger partial charge in [0.2, 0.25) is 4.90 Å². The van der Waals surface area contributed by atoms with Crippen LogP contribution in [-0.4, -0.2) is 19.8 Å². The molecule has 2 rings (SSSR count). The van der Waals surface area contributed by atoms with Crippen molar-refractivity contribution in [3.63, 3.8) is 0 Å². The largest absolute Gasteiger partial charge is 0.611 e. The van der Waals surface area contributed by atoms with E-state index in [-0.39, 0.29) is 5.25 Å². The van der Waals surface area contributed by atoms with Crippen LogP contribution < -0.4 is 5.73 Å². The molecule has 0 aliphatic heterocycles. The summed E-state index contributed by atoms with van der Waals surface area (Å²) in [5.41, 5.74) is 7.74. The van der Waals surface area contributed by atoms with Gasteiger partial charge in [0, 0.05) is 12.4 Å². The van der Waals surface area contributed by atoms with E-state index in [1.165, 1.54) is 0 Å². The minimum atomic E-state index is -1.15. The number of nitrogens with two attached hydrogens (primary N) is 1. The number of fused-ring (bicyclic) bond motifs is 1. The average molecular weight is 235 g/mol. The molecule has 0 radical (unpaired) electrons. The molecule has 0 aliphatic carbocycles. The quantitative estimate of drug-likeness (QED) is 0.635. The Balaban J connectivity index is 2.70. The fourth-order valence-corrected chi connectivity index (χ4v) is 2.59. The van der Waals surface area contributed by atoms with Gasteiger partial charge in [-0.15, -0.1) is 0 Å². The molecule has 1 aromatic heterocycles. The second kappa shape index (κ2) is 4.27. The van der Waals surface area contributed by atoms with Gasteiger partial charge in [-0.05, 0) is 37.2 Å². The molecular formula is C11H13N3OS. The highest BCUT2D eigenvalue weighted by molar-refractivity contribution is 7.92. The van der Waals surface area contributed by atoms with Crippen molar-refractivity contribution >= 4 is 27.9 Å². The van der Waals surface area contributed by atoms with Gasteiger partial charge in [-0.2, -0.15) is 0 Å². The molecule has 0 fully saturated rings. The molecule has 5 heteroatoms. The van der Waals surface area contributed by atoms with Gasteiger partial charge in [-0.25, -0.2) is 4.98 Å². The van der Waals surface area contributed by atoms with Crippen molar-refractivity contribution in [1.82, 2.24) is 9.97 Å². The maximum absolute atomic E-state index is 12.1. The van der Waals surface area contributed by atoms with Crippen LogP contribution >= 0.6 is 0 Å². The average Bonchev–Trinajstić information content (AvgIpc) is 2.28. The van der Waals surface area contributed by atoms with E-state index in [1.54, 1.807) is 24.5 Å². The number of hydrogen-bond donors (Lipinski definition) is 1. The van der Waals surface area contributed by atoms with E-state index >= 15 is 0 Å². The van der Waals surface area contributed by atoms with E-state index in [2.05, 4.69) is 9.97 Å². The predicted molar refractivity (Wildman–Crippen MR) is 65.5 cm³/mol. The number of benzene rings is 1. The van der Waals surface area contributed by atoms with Gasteiger partial charge >= 0.3 is 0 Å². The number of nitrogen functional groups attached to an aromatic ring is 1. The topological polar surface area (TPSA) is 74.9 Å². The molecule has 0 saturated carbocycles. The smallest absolute Gasteiger partial charge is 0.203 e. The van der Waals surface area contributed by atoms with Gasteiger partial charge in [0.05, 0.1) is 11.2 Å². The molecule has 1 heterocycles. The van der Waals surface area contributed by atoms with Crippen molar-refractivity contribution in [2.24, 2.45) is 0 Å². The highest BCUT2D eigenvalue weighted by Gasteiger charge is 2.23. The third-order valence-corrected chi connectivity index (χ3v) is 3.94. The number of anilines is 1.